The number of carbonyl (C=O) groups is 4. The molecule has 2 aromatic rings. The van der Waals surface area contributed by atoms with Crippen LogP contribution < -0.4 is 10.6 Å². The fourth-order valence-electron chi connectivity index (χ4n) is 3.17. The number of methoxy groups -OCH3 is 1. The lowest BCUT2D eigenvalue weighted by molar-refractivity contribution is -0.125. The van der Waals surface area contributed by atoms with Crippen LogP contribution in [0, 0.1) is 0 Å². The number of alkyl carbamates (subject to hydrolysis) is 1. The maximum absolute atomic E-state index is 12.9. The van der Waals surface area contributed by atoms with Gasteiger partial charge in [0, 0.05) is 19.5 Å². The number of imide groups is 1. The molecular weight excluding hydrogens is 374 g/mol. The molecule has 29 heavy (non-hydrogen) atoms. The lowest BCUT2D eigenvalue weighted by Crippen LogP contribution is -2.51. The molecular formula is C21H21N3O5. The molecule has 2 N–H and O–H groups in total. The lowest BCUT2D eigenvalue weighted by atomic mass is 10.0. The smallest absolute Gasteiger partial charge is 0.406 e. The number of ether oxygens (including phenoxy) is 1. The molecule has 1 atom stereocenters. The average Bonchev–Trinajstić information content (AvgIpc) is 3.00. The van der Waals surface area contributed by atoms with Crippen molar-refractivity contribution < 1.29 is 23.9 Å². The van der Waals surface area contributed by atoms with Crippen molar-refractivity contribution in [3.05, 3.63) is 71.3 Å². The van der Waals surface area contributed by atoms with Gasteiger partial charge < -0.3 is 15.4 Å². The molecule has 0 bridgehead atoms. The minimum atomic E-state index is -1.01. The standard InChI is InChI=1S/C21H21N3O5/c1-29-21(28)23-12-11-22-18(25)17(13-14-7-3-2-4-8-14)24-19(26)15-9-5-6-10-16(15)20(24)27/h2-10,17H,11-13H2,1H3,(H,22,25)(H,23,28). The maximum Gasteiger partial charge on any atom is 0.406 e. The lowest BCUT2D eigenvalue weighted by Gasteiger charge is -2.25. The number of rotatable bonds is 7. The Morgan fingerprint density at radius 2 is 1.45 bits per heavy atom. The van der Waals surface area contributed by atoms with Crippen LogP contribution in [0.15, 0.2) is 54.6 Å². The number of fused-ring (bicyclic) bond motifs is 1. The van der Waals surface area contributed by atoms with Crippen LogP contribution in [-0.2, 0) is 16.0 Å². The Morgan fingerprint density at radius 3 is 2.03 bits per heavy atom. The SMILES string of the molecule is COC(=O)NCCNC(=O)C(Cc1ccccc1)N1C(=O)c2ccccc2C1=O. The first-order chi connectivity index (χ1) is 14.0. The molecule has 8 heteroatoms. The first-order valence-electron chi connectivity index (χ1n) is 9.13. The second-order valence-electron chi connectivity index (χ2n) is 6.44. The Hall–Kier alpha value is -3.68. The van der Waals surface area contributed by atoms with Crippen molar-refractivity contribution in [2.24, 2.45) is 0 Å². The van der Waals surface area contributed by atoms with Gasteiger partial charge in [0.15, 0.2) is 0 Å². The molecule has 1 heterocycles. The van der Waals surface area contributed by atoms with E-state index in [-0.39, 0.29) is 30.6 Å². The van der Waals surface area contributed by atoms with Crippen molar-refractivity contribution in [1.29, 1.82) is 0 Å². The highest BCUT2D eigenvalue weighted by Gasteiger charge is 2.42. The third-order valence-corrected chi connectivity index (χ3v) is 4.59. The number of carbonyl (C=O) groups excluding carboxylic acids is 4. The minimum absolute atomic E-state index is 0.127. The van der Waals surface area contributed by atoms with Crippen LogP contribution in [0.2, 0.25) is 0 Å². The van der Waals surface area contributed by atoms with Gasteiger partial charge in [0.25, 0.3) is 11.8 Å². The highest BCUT2D eigenvalue weighted by atomic mass is 16.5. The molecule has 0 fully saturated rings. The minimum Gasteiger partial charge on any atom is -0.453 e. The second-order valence-corrected chi connectivity index (χ2v) is 6.44. The van der Waals surface area contributed by atoms with Gasteiger partial charge in [0.05, 0.1) is 18.2 Å². The predicted molar refractivity (Wildman–Crippen MR) is 104 cm³/mol. The summed E-state index contributed by atoms with van der Waals surface area (Å²) in [6, 6.07) is 14.7. The van der Waals surface area contributed by atoms with Gasteiger partial charge in [0.2, 0.25) is 5.91 Å². The Bertz CT molecular complexity index is 894. The van der Waals surface area contributed by atoms with Crippen molar-refractivity contribution in [3.63, 3.8) is 0 Å². The third-order valence-electron chi connectivity index (χ3n) is 4.59. The van der Waals surface area contributed by atoms with Crippen LogP contribution in [0.25, 0.3) is 0 Å². The topological polar surface area (TPSA) is 105 Å². The molecule has 4 amide bonds. The fourth-order valence-corrected chi connectivity index (χ4v) is 3.17. The number of hydrogen-bond acceptors (Lipinski definition) is 5. The summed E-state index contributed by atoms with van der Waals surface area (Å²) in [5.74, 6) is -1.46. The van der Waals surface area contributed by atoms with Crippen LogP contribution in [0.4, 0.5) is 4.79 Å². The van der Waals surface area contributed by atoms with E-state index in [4.69, 9.17) is 0 Å². The molecule has 8 nitrogen and oxygen atoms in total. The Morgan fingerprint density at radius 1 is 0.897 bits per heavy atom. The Labute approximate surface area is 167 Å². The first kappa shape index (κ1) is 20.1. The van der Waals surface area contributed by atoms with Crippen molar-refractivity contribution in [3.8, 4) is 0 Å². The first-order valence-corrected chi connectivity index (χ1v) is 9.13. The van der Waals surface area contributed by atoms with Gasteiger partial charge >= 0.3 is 6.09 Å². The zero-order valence-electron chi connectivity index (χ0n) is 15.9. The Balaban J connectivity index is 1.78. The van der Waals surface area contributed by atoms with Crippen LogP contribution in [-0.4, -0.2) is 55.0 Å². The number of hydrogen-bond donors (Lipinski definition) is 2. The largest absolute Gasteiger partial charge is 0.453 e. The second kappa shape index (κ2) is 9.01. The third kappa shape index (κ3) is 4.43. The highest BCUT2D eigenvalue weighted by Crippen LogP contribution is 2.26. The molecule has 0 radical (unpaired) electrons. The summed E-state index contributed by atoms with van der Waals surface area (Å²) >= 11 is 0. The molecule has 0 aromatic heterocycles. The van der Waals surface area contributed by atoms with Gasteiger partial charge in [-0.05, 0) is 17.7 Å². The molecule has 0 aliphatic carbocycles. The summed E-state index contributed by atoms with van der Waals surface area (Å²) in [5, 5.41) is 5.13. The van der Waals surface area contributed by atoms with E-state index in [2.05, 4.69) is 15.4 Å². The van der Waals surface area contributed by atoms with Gasteiger partial charge in [-0.1, -0.05) is 42.5 Å². The van der Waals surface area contributed by atoms with Crippen LogP contribution >= 0.6 is 0 Å². The molecule has 1 unspecified atom stereocenters. The molecule has 3 rings (SSSR count). The van der Waals surface area contributed by atoms with Gasteiger partial charge in [-0.25, -0.2) is 4.79 Å². The predicted octanol–water partition coefficient (Wildman–Crippen LogP) is 1.37. The normalized spacial score (nSPS) is 13.6. The van der Waals surface area contributed by atoms with E-state index < -0.39 is 29.9 Å². The quantitative estimate of drug-likeness (QED) is 0.544. The monoisotopic (exact) mass is 395 g/mol. The Kier molecular flexibility index (Phi) is 6.23. The highest BCUT2D eigenvalue weighted by molar-refractivity contribution is 6.22. The molecule has 2 aromatic carbocycles. The van der Waals surface area contributed by atoms with E-state index >= 15 is 0 Å². The number of benzene rings is 2. The zero-order chi connectivity index (χ0) is 20.8. The van der Waals surface area contributed by atoms with Crippen LogP contribution in [0.5, 0.6) is 0 Å². The van der Waals surface area contributed by atoms with Gasteiger partial charge in [-0.3, -0.25) is 19.3 Å². The average molecular weight is 395 g/mol. The van der Waals surface area contributed by atoms with E-state index in [1.54, 1.807) is 24.3 Å². The summed E-state index contributed by atoms with van der Waals surface area (Å²) in [4.78, 5) is 50.7. The van der Waals surface area contributed by atoms with E-state index in [1.807, 2.05) is 30.3 Å². The van der Waals surface area contributed by atoms with Crippen molar-refractivity contribution in [1.82, 2.24) is 15.5 Å². The van der Waals surface area contributed by atoms with Crippen LogP contribution in [0.1, 0.15) is 26.3 Å². The number of amides is 4. The summed E-state index contributed by atoms with van der Waals surface area (Å²) in [6.45, 7) is 0.279. The van der Waals surface area contributed by atoms with E-state index in [1.165, 1.54) is 7.11 Å². The molecule has 1 aliphatic heterocycles. The molecule has 0 spiro atoms. The van der Waals surface area contributed by atoms with Gasteiger partial charge in [-0.2, -0.15) is 0 Å². The fraction of sp³-hybridized carbons (Fsp3) is 0.238. The van der Waals surface area contributed by atoms with Crippen LogP contribution in [0.3, 0.4) is 0 Å². The van der Waals surface area contributed by atoms with Gasteiger partial charge in [0.1, 0.15) is 6.04 Å². The van der Waals surface area contributed by atoms with Crippen molar-refractivity contribution in [2.45, 2.75) is 12.5 Å². The number of nitrogens with one attached hydrogen (secondary N) is 2. The summed E-state index contributed by atoms with van der Waals surface area (Å²) in [5.41, 5.74) is 1.39. The van der Waals surface area contributed by atoms with Crippen molar-refractivity contribution in [2.75, 3.05) is 20.2 Å². The van der Waals surface area contributed by atoms with E-state index in [0.29, 0.717) is 0 Å². The van der Waals surface area contributed by atoms with Crippen molar-refractivity contribution >= 4 is 23.8 Å². The van der Waals surface area contributed by atoms with E-state index in [0.717, 1.165) is 10.5 Å². The summed E-state index contributed by atoms with van der Waals surface area (Å²) < 4.78 is 4.47. The molecule has 0 saturated heterocycles. The van der Waals surface area contributed by atoms with E-state index in [9.17, 15) is 19.2 Å². The zero-order valence-corrected chi connectivity index (χ0v) is 15.9. The summed E-state index contributed by atoms with van der Waals surface area (Å²) in [7, 11) is 1.24. The number of nitrogens with zero attached hydrogens (tertiary/aromatic N) is 1. The summed E-state index contributed by atoms with van der Waals surface area (Å²) in [6.07, 6.45) is -0.428. The molecule has 0 saturated carbocycles. The molecule has 150 valence electrons. The maximum atomic E-state index is 12.9. The van der Waals surface area contributed by atoms with Gasteiger partial charge in [-0.15, -0.1) is 0 Å². The molecule has 1 aliphatic rings.